The van der Waals surface area contributed by atoms with Crippen molar-refractivity contribution in [2.24, 2.45) is 5.90 Å². The van der Waals surface area contributed by atoms with Crippen LogP contribution in [0, 0.1) is 0 Å². The van der Waals surface area contributed by atoms with Gasteiger partial charge in [0.25, 0.3) is 0 Å². The van der Waals surface area contributed by atoms with Crippen molar-refractivity contribution in [2.75, 3.05) is 13.4 Å². The molecule has 0 aliphatic carbocycles. The second-order valence-corrected chi connectivity index (χ2v) is 5.00. The number of benzene rings is 1. The molecule has 1 aromatic carbocycles. The Morgan fingerprint density at radius 3 is 2.53 bits per heavy atom. The lowest BCUT2D eigenvalue weighted by molar-refractivity contribution is 0.120. The zero-order valence-corrected chi connectivity index (χ0v) is 9.37. The van der Waals surface area contributed by atoms with Crippen LogP contribution in [0.4, 0.5) is 0 Å². The van der Waals surface area contributed by atoms with E-state index in [-0.39, 0.29) is 11.5 Å². The molecule has 0 aromatic heterocycles. The zero-order chi connectivity index (χ0) is 11.5. The van der Waals surface area contributed by atoms with Crippen molar-refractivity contribution >= 4 is 9.84 Å². The Morgan fingerprint density at radius 1 is 1.40 bits per heavy atom. The van der Waals surface area contributed by atoms with Crippen molar-refractivity contribution in [1.29, 1.82) is 0 Å². The Labute approximate surface area is 88.7 Å². The summed E-state index contributed by atoms with van der Waals surface area (Å²) in [6, 6.07) is 4.75. The number of rotatable bonds is 4. The number of ether oxygens (including phenoxy) is 1. The third kappa shape index (κ3) is 2.68. The summed E-state index contributed by atoms with van der Waals surface area (Å²) in [7, 11) is -1.84. The molecule has 0 aliphatic rings. The first-order valence-corrected chi connectivity index (χ1v) is 6.07. The fourth-order valence-electron chi connectivity index (χ4n) is 1.31. The average molecular weight is 231 g/mol. The van der Waals surface area contributed by atoms with E-state index in [0.717, 1.165) is 6.26 Å². The van der Waals surface area contributed by atoms with E-state index in [2.05, 4.69) is 4.84 Å². The minimum atomic E-state index is -3.30. The molecule has 2 N–H and O–H groups in total. The van der Waals surface area contributed by atoms with Crippen LogP contribution in [0.3, 0.4) is 0 Å². The number of nitrogens with two attached hydrogens (primary N) is 1. The van der Waals surface area contributed by atoms with Crippen molar-refractivity contribution in [3.8, 4) is 5.75 Å². The summed E-state index contributed by atoms with van der Waals surface area (Å²) in [6.07, 6.45) is 1.13. The molecular formula is C9H13NO4S. The van der Waals surface area contributed by atoms with Gasteiger partial charge in [0, 0.05) is 11.8 Å². The van der Waals surface area contributed by atoms with Crippen LogP contribution in [0.5, 0.6) is 5.75 Å². The van der Waals surface area contributed by atoms with Gasteiger partial charge in [-0.2, -0.15) is 0 Å². The number of hydrogen-bond donors (Lipinski definition) is 1. The lowest BCUT2D eigenvalue weighted by Crippen LogP contribution is -2.08. The predicted molar refractivity (Wildman–Crippen MR) is 55.1 cm³/mol. The van der Waals surface area contributed by atoms with Crippen molar-refractivity contribution in [3.05, 3.63) is 23.8 Å². The lowest BCUT2D eigenvalue weighted by atomic mass is 10.2. The van der Waals surface area contributed by atoms with Gasteiger partial charge in [0.2, 0.25) is 0 Å². The highest BCUT2D eigenvalue weighted by atomic mass is 32.2. The van der Waals surface area contributed by atoms with Gasteiger partial charge < -0.3 is 4.74 Å². The van der Waals surface area contributed by atoms with Crippen LogP contribution in [-0.4, -0.2) is 21.8 Å². The zero-order valence-electron chi connectivity index (χ0n) is 8.56. The Hall–Kier alpha value is -1.11. The van der Waals surface area contributed by atoms with Gasteiger partial charge in [-0.15, -0.1) is 0 Å². The fourth-order valence-corrected chi connectivity index (χ4v) is 2.24. The van der Waals surface area contributed by atoms with Crippen LogP contribution in [0.25, 0.3) is 0 Å². The minimum Gasteiger partial charge on any atom is -0.496 e. The minimum absolute atomic E-state index is 0.00752. The fraction of sp³-hybridized carbons (Fsp3) is 0.333. The van der Waals surface area contributed by atoms with Gasteiger partial charge in [-0.05, 0) is 12.1 Å². The van der Waals surface area contributed by atoms with E-state index in [1.807, 2.05) is 0 Å². The number of methoxy groups -OCH3 is 1. The third-order valence-electron chi connectivity index (χ3n) is 1.94. The Bertz CT molecular complexity index is 441. The van der Waals surface area contributed by atoms with Crippen LogP contribution in [-0.2, 0) is 21.3 Å². The summed E-state index contributed by atoms with van der Waals surface area (Å²) in [5.41, 5.74) is 0.435. The average Bonchev–Trinajstić information content (AvgIpc) is 2.17. The van der Waals surface area contributed by atoms with Gasteiger partial charge in [0.05, 0.1) is 18.6 Å². The summed E-state index contributed by atoms with van der Waals surface area (Å²) in [5, 5.41) is 0. The molecule has 0 heterocycles. The molecule has 15 heavy (non-hydrogen) atoms. The van der Waals surface area contributed by atoms with E-state index >= 15 is 0 Å². The predicted octanol–water partition coefficient (Wildman–Crippen LogP) is 0.489. The van der Waals surface area contributed by atoms with Crippen molar-refractivity contribution in [3.63, 3.8) is 0 Å². The normalized spacial score (nSPS) is 11.4. The molecule has 0 saturated carbocycles. The van der Waals surface area contributed by atoms with Crippen molar-refractivity contribution in [2.45, 2.75) is 11.5 Å². The van der Waals surface area contributed by atoms with Gasteiger partial charge in [0.1, 0.15) is 5.75 Å². The summed E-state index contributed by atoms with van der Waals surface area (Å²) < 4.78 is 27.9. The van der Waals surface area contributed by atoms with E-state index < -0.39 is 9.84 Å². The molecular weight excluding hydrogens is 218 g/mol. The maximum Gasteiger partial charge on any atom is 0.176 e. The maximum absolute atomic E-state index is 11.4. The lowest BCUT2D eigenvalue weighted by Gasteiger charge is -2.11. The van der Waals surface area contributed by atoms with Gasteiger partial charge in [0.15, 0.2) is 9.84 Å². The smallest absolute Gasteiger partial charge is 0.176 e. The summed E-state index contributed by atoms with van der Waals surface area (Å²) in [5.74, 6) is 5.39. The van der Waals surface area contributed by atoms with E-state index in [9.17, 15) is 8.42 Å². The van der Waals surface area contributed by atoms with Crippen LogP contribution >= 0.6 is 0 Å². The second-order valence-electron chi connectivity index (χ2n) is 3.02. The molecule has 0 aliphatic heterocycles. The van der Waals surface area contributed by atoms with E-state index in [1.54, 1.807) is 12.1 Å². The molecule has 0 radical (unpaired) electrons. The van der Waals surface area contributed by atoms with Crippen LogP contribution in [0.1, 0.15) is 5.56 Å². The Kier molecular flexibility index (Phi) is 3.67. The standard InChI is InChI=1S/C9H13NO4S/c1-13-8-4-3-5-9(15(2,11)12)7(8)6-14-10/h3-5H,6,10H2,1-2H3. The largest absolute Gasteiger partial charge is 0.496 e. The summed E-state index contributed by atoms with van der Waals surface area (Å²) in [6.45, 7) is -0.00752. The molecule has 0 saturated heterocycles. The molecule has 1 rings (SSSR count). The Balaban J connectivity index is 3.38. The van der Waals surface area contributed by atoms with Crippen molar-refractivity contribution in [1.82, 2.24) is 0 Å². The molecule has 1 aromatic rings. The van der Waals surface area contributed by atoms with Crippen LogP contribution in [0.15, 0.2) is 23.1 Å². The first-order valence-electron chi connectivity index (χ1n) is 4.18. The Morgan fingerprint density at radius 2 is 2.07 bits per heavy atom. The molecule has 0 bridgehead atoms. The molecule has 6 heteroatoms. The molecule has 84 valence electrons. The van der Waals surface area contributed by atoms with Gasteiger partial charge in [-0.3, -0.25) is 4.84 Å². The summed E-state index contributed by atoms with van der Waals surface area (Å²) in [4.78, 5) is 4.64. The topological polar surface area (TPSA) is 78.6 Å². The highest BCUT2D eigenvalue weighted by molar-refractivity contribution is 7.90. The highest BCUT2D eigenvalue weighted by Gasteiger charge is 2.16. The molecule has 0 fully saturated rings. The molecule has 5 nitrogen and oxygen atoms in total. The van der Waals surface area contributed by atoms with E-state index in [0.29, 0.717) is 11.3 Å². The van der Waals surface area contributed by atoms with Crippen LogP contribution in [0.2, 0.25) is 0 Å². The number of hydrogen-bond acceptors (Lipinski definition) is 5. The van der Waals surface area contributed by atoms with Gasteiger partial charge in [-0.25, -0.2) is 14.3 Å². The quantitative estimate of drug-likeness (QED) is 0.763. The van der Waals surface area contributed by atoms with E-state index in [1.165, 1.54) is 13.2 Å². The van der Waals surface area contributed by atoms with Gasteiger partial charge >= 0.3 is 0 Å². The molecule has 0 atom stereocenters. The summed E-state index contributed by atoms with van der Waals surface area (Å²) >= 11 is 0. The molecule has 0 spiro atoms. The SMILES string of the molecule is COc1cccc(S(C)(=O)=O)c1CON. The van der Waals surface area contributed by atoms with Crippen molar-refractivity contribution < 1.29 is 18.0 Å². The molecule has 0 amide bonds. The monoisotopic (exact) mass is 231 g/mol. The number of sulfone groups is 1. The first-order chi connectivity index (χ1) is 7.00. The maximum atomic E-state index is 11.4. The first kappa shape index (κ1) is 12.0. The van der Waals surface area contributed by atoms with E-state index in [4.69, 9.17) is 10.6 Å². The van der Waals surface area contributed by atoms with Crippen LogP contribution < -0.4 is 10.6 Å². The second kappa shape index (κ2) is 4.61. The highest BCUT2D eigenvalue weighted by Crippen LogP contribution is 2.26. The van der Waals surface area contributed by atoms with Gasteiger partial charge in [-0.1, -0.05) is 6.07 Å². The third-order valence-corrected chi connectivity index (χ3v) is 3.12. The molecule has 0 unspecified atom stereocenters.